The summed E-state index contributed by atoms with van der Waals surface area (Å²) < 4.78 is 7.34. The van der Waals surface area contributed by atoms with Crippen molar-refractivity contribution >= 4 is 17.7 Å². The van der Waals surface area contributed by atoms with Crippen molar-refractivity contribution in [3.63, 3.8) is 0 Å². The summed E-state index contributed by atoms with van der Waals surface area (Å²) in [5.74, 6) is 1.04. The fourth-order valence-electron chi connectivity index (χ4n) is 3.79. The topological polar surface area (TPSA) is 146 Å². The molecule has 0 bridgehead atoms. The predicted molar refractivity (Wildman–Crippen MR) is 114 cm³/mol. The largest absolute Gasteiger partial charge is 0.493 e. The number of nitrogens with one attached hydrogen (secondary N) is 3. The van der Waals surface area contributed by atoms with Crippen LogP contribution in [0.1, 0.15) is 36.6 Å². The number of hydrogen-bond acceptors (Lipinski definition) is 8. The maximum atomic E-state index is 11.5. The lowest BCUT2D eigenvalue weighted by Crippen LogP contribution is -2.27. The second kappa shape index (κ2) is 7.22. The fourth-order valence-corrected chi connectivity index (χ4v) is 3.79. The molecular weight excluding hydrogens is 412 g/mol. The van der Waals surface area contributed by atoms with Crippen molar-refractivity contribution in [3.05, 3.63) is 63.0 Å². The van der Waals surface area contributed by atoms with Gasteiger partial charge in [0.2, 0.25) is 11.8 Å². The lowest BCUT2D eigenvalue weighted by molar-refractivity contribution is 0.274. The van der Waals surface area contributed by atoms with Crippen LogP contribution in [0.15, 0.2) is 40.2 Å². The number of H-pyrrole nitrogens is 2. The van der Waals surface area contributed by atoms with Gasteiger partial charge in [-0.3, -0.25) is 4.98 Å². The van der Waals surface area contributed by atoms with E-state index in [-0.39, 0.29) is 23.7 Å². The van der Waals surface area contributed by atoms with Gasteiger partial charge in [-0.1, -0.05) is 18.2 Å². The number of nitrogens with zero attached hydrogens (tertiary/aromatic N) is 5. The van der Waals surface area contributed by atoms with Gasteiger partial charge in [0.05, 0.1) is 24.9 Å². The Hall–Kier alpha value is -4.15. The summed E-state index contributed by atoms with van der Waals surface area (Å²) in [5.41, 5.74) is 1.79. The third-order valence-corrected chi connectivity index (χ3v) is 5.52. The zero-order valence-electron chi connectivity index (χ0n) is 16.9. The van der Waals surface area contributed by atoms with Gasteiger partial charge in [-0.25, -0.2) is 9.79 Å². The van der Waals surface area contributed by atoms with Crippen molar-refractivity contribution in [3.8, 4) is 11.6 Å². The van der Waals surface area contributed by atoms with Gasteiger partial charge in [0.25, 0.3) is 5.62 Å². The van der Waals surface area contributed by atoms with E-state index in [0.717, 1.165) is 30.6 Å². The Bertz CT molecular complexity index is 1500. The van der Waals surface area contributed by atoms with Gasteiger partial charge in [-0.2, -0.15) is 19.6 Å². The van der Waals surface area contributed by atoms with E-state index >= 15 is 0 Å². The fraction of sp³-hybridized carbons (Fsp3) is 0.286. The average Bonchev–Trinajstić information content (AvgIpc) is 3.42. The molecule has 0 saturated heterocycles. The van der Waals surface area contributed by atoms with Crippen LogP contribution in [-0.4, -0.2) is 47.3 Å². The lowest BCUT2D eigenvalue weighted by atomic mass is 10.0. The van der Waals surface area contributed by atoms with Crippen LogP contribution in [0, 0.1) is 0 Å². The highest BCUT2D eigenvalue weighted by Crippen LogP contribution is 2.33. The molecular formula is C21H20N8O3. The summed E-state index contributed by atoms with van der Waals surface area (Å²) in [6, 6.07) is 8.15. The zero-order chi connectivity index (χ0) is 21.7. The second-order valence-electron chi connectivity index (χ2n) is 7.90. The molecule has 162 valence electrons. The van der Waals surface area contributed by atoms with E-state index in [1.807, 2.05) is 24.3 Å². The number of aromatic amines is 2. The average molecular weight is 432 g/mol. The van der Waals surface area contributed by atoms with Crippen LogP contribution in [-0.2, 0) is 0 Å². The number of benzene rings is 1. The van der Waals surface area contributed by atoms with E-state index in [1.165, 1.54) is 0 Å². The third-order valence-electron chi connectivity index (χ3n) is 5.52. The molecule has 4 N–H and O–H groups in total. The van der Waals surface area contributed by atoms with Crippen molar-refractivity contribution in [2.45, 2.75) is 31.3 Å². The maximum Gasteiger partial charge on any atom is 0.326 e. The van der Waals surface area contributed by atoms with Gasteiger partial charge in [0.1, 0.15) is 11.4 Å². The minimum absolute atomic E-state index is 0.00315. The molecule has 1 aliphatic heterocycles. The molecule has 4 heterocycles. The molecule has 1 saturated carbocycles. The Morgan fingerprint density at radius 1 is 1.22 bits per heavy atom. The Morgan fingerprint density at radius 3 is 2.91 bits per heavy atom. The Morgan fingerprint density at radius 2 is 2.09 bits per heavy atom. The molecule has 0 spiro atoms. The van der Waals surface area contributed by atoms with Crippen molar-refractivity contribution in [1.82, 2.24) is 29.5 Å². The first-order chi connectivity index (χ1) is 15.6. The zero-order valence-corrected chi connectivity index (χ0v) is 16.9. The summed E-state index contributed by atoms with van der Waals surface area (Å²) in [6.07, 6.45) is 6.04. The summed E-state index contributed by atoms with van der Waals surface area (Å²) in [7, 11) is 0. The van der Waals surface area contributed by atoms with Crippen LogP contribution in [0.4, 0.5) is 5.95 Å². The highest BCUT2D eigenvalue weighted by Gasteiger charge is 2.23. The highest BCUT2D eigenvalue weighted by atomic mass is 16.5. The SMILES string of the molecule is O=c1[nH]c(O)c(/C=c2\cnn3c(=NC4CC4)nc(NC4CCOc5ccccc54)nc23)[nH]1. The van der Waals surface area contributed by atoms with E-state index in [9.17, 15) is 9.90 Å². The Balaban J connectivity index is 1.48. The standard InChI is InChI=1S/C21H20N8O3/c30-18-15(25-21(31)27-18)9-11-10-22-29-17(11)26-19(28-20(29)23-12-5-6-12)24-14-7-8-32-16-4-2-1-3-13(14)16/h1-4,9-10,12,14,30H,5-8H2,(H,23,24,28)(H2,25,27,31)/b11-9+. The van der Waals surface area contributed by atoms with Crippen molar-refractivity contribution < 1.29 is 9.84 Å². The molecule has 3 aromatic heterocycles. The van der Waals surface area contributed by atoms with E-state index in [2.05, 4.69) is 30.4 Å². The molecule has 0 amide bonds. The van der Waals surface area contributed by atoms with E-state index in [0.29, 0.717) is 29.0 Å². The summed E-state index contributed by atoms with van der Waals surface area (Å²) in [4.78, 5) is 30.3. The van der Waals surface area contributed by atoms with Crippen molar-refractivity contribution in [2.24, 2.45) is 4.99 Å². The van der Waals surface area contributed by atoms with Crippen LogP contribution < -0.4 is 26.6 Å². The number of ether oxygens (including phenoxy) is 1. The van der Waals surface area contributed by atoms with Gasteiger partial charge in [-0.15, -0.1) is 0 Å². The van der Waals surface area contributed by atoms with Gasteiger partial charge in [0.15, 0.2) is 5.65 Å². The Kier molecular flexibility index (Phi) is 4.20. The predicted octanol–water partition coefficient (Wildman–Crippen LogP) is 0.393. The number of rotatable bonds is 4. The van der Waals surface area contributed by atoms with Crippen LogP contribution >= 0.6 is 0 Å². The Labute approximate surface area is 180 Å². The first-order valence-corrected chi connectivity index (χ1v) is 10.4. The normalized spacial score (nSPS) is 19.2. The quantitative estimate of drug-likeness (QED) is 0.365. The molecule has 1 atom stereocenters. The van der Waals surface area contributed by atoms with Gasteiger partial charge in [-0.05, 0) is 25.0 Å². The number of anilines is 1. The summed E-state index contributed by atoms with van der Waals surface area (Å²) in [5, 5.41) is 18.4. The van der Waals surface area contributed by atoms with Gasteiger partial charge in [0, 0.05) is 17.2 Å². The monoisotopic (exact) mass is 432 g/mol. The molecule has 0 radical (unpaired) electrons. The molecule has 11 heteroatoms. The molecule has 2 aliphatic rings. The number of para-hydroxylation sites is 1. The number of imidazole rings is 1. The minimum Gasteiger partial charge on any atom is -0.493 e. The molecule has 11 nitrogen and oxygen atoms in total. The minimum atomic E-state index is -0.496. The first-order valence-electron chi connectivity index (χ1n) is 10.4. The summed E-state index contributed by atoms with van der Waals surface area (Å²) in [6.45, 7) is 0.599. The van der Waals surface area contributed by atoms with Gasteiger partial charge < -0.3 is 20.1 Å². The van der Waals surface area contributed by atoms with E-state index < -0.39 is 5.69 Å². The second-order valence-corrected chi connectivity index (χ2v) is 7.90. The number of fused-ring (bicyclic) bond motifs is 2. The van der Waals surface area contributed by atoms with Crippen LogP contribution in [0.25, 0.3) is 11.7 Å². The van der Waals surface area contributed by atoms with E-state index in [1.54, 1.807) is 16.8 Å². The molecule has 1 fully saturated rings. The molecule has 6 rings (SSSR count). The highest BCUT2D eigenvalue weighted by molar-refractivity contribution is 5.57. The van der Waals surface area contributed by atoms with Crippen molar-refractivity contribution in [1.29, 1.82) is 0 Å². The lowest BCUT2D eigenvalue weighted by Gasteiger charge is -2.26. The van der Waals surface area contributed by atoms with Gasteiger partial charge >= 0.3 is 5.69 Å². The van der Waals surface area contributed by atoms with Crippen molar-refractivity contribution in [2.75, 3.05) is 11.9 Å². The smallest absolute Gasteiger partial charge is 0.326 e. The maximum absolute atomic E-state index is 11.5. The molecule has 1 unspecified atom stereocenters. The molecule has 4 aromatic rings. The van der Waals surface area contributed by atoms with Crippen LogP contribution in [0.2, 0.25) is 0 Å². The molecule has 1 aromatic carbocycles. The van der Waals surface area contributed by atoms with E-state index in [4.69, 9.17) is 9.73 Å². The molecule has 1 aliphatic carbocycles. The first kappa shape index (κ1) is 18.6. The molecule has 32 heavy (non-hydrogen) atoms. The number of aromatic hydroxyl groups is 1. The summed E-state index contributed by atoms with van der Waals surface area (Å²) >= 11 is 0. The van der Waals surface area contributed by atoms with Crippen LogP contribution in [0.5, 0.6) is 11.6 Å². The van der Waals surface area contributed by atoms with Crippen LogP contribution in [0.3, 0.4) is 0 Å². The third kappa shape index (κ3) is 3.37. The number of hydrogen-bond donors (Lipinski definition) is 4. The number of aromatic nitrogens is 6.